The van der Waals surface area contributed by atoms with Crippen molar-refractivity contribution in [2.45, 2.75) is 141 Å². The van der Waals surface area contributed by atoms with E-state index < -0.39 is 72.4 Å². The van der Waals surface area contributed by atoms with Gasteiger partial charge in [-0.2, -0.15) is 0 Å². The summed E-state index contributed by atoms with van der Waals surface area (Å²) in [5, 5.41) is 19.3. The maximum absolute atomic E-state index is 13.8. The summed E-state index contributed by atoms with van der Waals surface area (Å²) in [7, 11) is 0. The second-order valence-corrected chi connectivity index (χ2v) is 14.5. The summed E-state index contributed by atoms with van der Waals surface area (Å²) in [5.74, 6) is -2.45. The summed E-state index contributed by atoms with van der Waals surface area (Å²) in [5.41, 5.74) is -0.0678. The molecule has 0 radical (unpaired) electrons. The van der Waals surface area contributed by atoms with Gasteiger partial charge in [-0.05, 0) is 63.9 Å². The minimum atomic E-state index is -1.63. The van der Waals surface area contributed by atoms with Crippen LogP contribution in [0.1, 0.15) is 104 Å². The molecule has 1 aromatic carbocycles. The van der Waals surface area contributed by atoms with Gasteiger partial charge < -0.3 is 35.3 Å². The molecule has 0 aromatic heterocycles. The van der Waals surface area contributed by atoms with E-state index in [2.05, 4.69) is 16.0 Å². The quantitative estimate of drug-likeness (QED) is 0.223. The molecular formula is C36H55N3O9. The fourth-order valence-electron chi connectivity index (χ4n) is 6.17. The summed E-state index contributed by atoms with van der Waals surface area (Å²) >= 11 is 0. The van der Waals surface area contributed by atoms with Gasteiger partial charge in [0.05, 0.1) is 6.04 Å². The van der Waals surface area contributed by atoms with Gasteiger partial charge in [0, 0.05) is 12.8 Å². The number of ether oxygens (including phenoxy) is 3. The number of aliphatic hydroxyl groups is 1. The zero-order chi connectivity index (χ0) is 35.3. The van der Waals surface area contributed by atoms with Gasteiger partial charge in [0.1, 0.15) is 30.4 Å². The topological polar surface area (TPSA) is 169 Å². The van der Waals surface area contributed by atoms with Crippen LogP contribution in [0, 0.1) is 11.8 Å². The molecule has 2 fully saturated rings. The maximum atomic E-state index is 13.8. The fourth-order valence-corrected chi connectivity index (χ4v) is 6.17. The van der Waals surface area contributed by atoms with Crippen molar-refractivity contribution in [3.05, 3.63) is 35.9 Å². The van der Waals surface area contributed by atoms with E-state index in [0.717, 1.165) is 37.7 Å². The number of hydrogen-bond acceptors (Lipinski definition) is 9. The number of nitrogens with one attached hydrogen (secondary N) is 3. The molecule has 2 aliphatic rings. The monoisotopic (exact) mass is 673 g/mol. The normalized spacial score (nSPS) is 24.4. The Morgan fingerprint density at radius 3 is 2.35 bits per heavy atom. The van der Waals surface area contributed by atoms with Crippen LogP contribution < -0.4 is 16.0 Å². The molecule has 268 valence electrons. The summed E-state index contributed by atoms with van der Waals surface area (Å²) in [6.07, 6.45) is 3.78. The number of benzene rings is 1. The van der Waals surface area contributed by atoms with E-state index in [9.17, 15) is 29.1 Å². The van der Waals surface area contributed by atoms with Crippen LogP contribution in [-0.4, -0.2) is 77.5 Å². The number of amides is 3. The average Bonchev–Trinajstić information content (AvgIpc) is 3.01. The Kier molecular flexibility index (Phi) is 15.2. The molecule has 0 bridgehead atoms. The summed E-state index contributed by atoms with van der Waals surface area (Å²) < 4.78 is 16.6. The number of rotatable bonds is 9. The molecule has 48 heavy (non-hydrogen) atoms. The van der Waals surface area contributed by atoms with E-state index in [1.54, 1.807) is 45.0 Å². The van der Waals surface area contributed by atoms with Crippen LogP contribution in [0.2, 0.25) is 0 Å². The Bertz CT molecular complexity index is 1210. The third kappa shape index (κ3) is 13.8. The molecule has 1 aromatic rings. The highest BCUT2D eigenvalue weighted by Crippen LogP contribution is 2.28. The molecule has 1 aliphatic carbocycles. The Hall–Kier alpha value is -3.67. The lowest BCUT2D eigenvalue weighted by Gasteiger charge is -2.32. The van der Waals surface area contributed by atoms with Gasteiger partial charge >= 0.3 is 18.0 Å². The molecule has 1 heterocycles. The Balaban J connectivity index is 1.87. The van der Waals surface area contributed by atoms with Crippen LogP contribution in [0.5, 0.6) is 0 Å². The van der Waals surface area contributed by atoms with Crippen molar-refractivity contribution in [2.24, 2.45) is 11.8 Å². The first-order chi connectivity index (χ1) is 22.7. The van der Waals surface area contributed by atoms with Crippen LogP contribution >= 0.6 is 0 Å². The third-order valence-electron chi connectivity index (χ3n) is 8.52. The van der Waals surface area contributed by atoms with Gasteiger partial charge in [-0.3, -0.25) is 14.4 Å². The molecule has 12 heteroatoms. The maximum Gasteiger partial charge on any atom is 0.408 e. The molecule has 3 rings (SSSR count). The van der Waals surface area contributed by atoms with Crippen molar-refractivity contribution in [3.63, 3.8) is 0 Å². The van der Waals surface area contributed by atoms with Crippen LogP contribution in [0.3, 0.4) is 0 Å². The Morgan fingerprint density at radius 2 is 1.71 bits per heavy atom. The van der Waals surface area contributed by atoms with E-state index in [1.165, 1.54) is 0 Å². The van der Waals surface area contributed by atoms with Crippen LogP contribution in [0.25, 0.3) is 0 Å². The average molecular weight is 674 g/mol. The largest absolute Gasteiger partial charge is 0.463 e. The molecule has 0 spiro atoms. The lowest BCUT2D eigenvalue weighted by molar-refractivity contribution is -0.163. The molecule has 1 saturated heterocycles. The fraction of sp³-hybridized carbons (Fsp3) is 0.694. The molecular weight excluding hydrogens is 618 g/mol. The standard InChI is InChI=1S/C36H55N3O9/c1-23(2)19-26-17-12-18-30(40)46-22-29(33(43)37-27(31(41)34(44)47-26)20-24-13-8-6-9-14-24)38-32(42)28(21-25-15-10-7-11-16-25)39-35(45)48-36(3,4)5/h7,10-11,15-16,23-24,26-29,31,41H,6,8-9,12-14,17-22H2,1-5H3,(H,37,43)(H,38,42)(H,39,45)/t26?,27-,28-,29-,31+/m0/s1. The molecule has 1 aliphatic heterocycles. The van der Waals surface area contributed by atoms with Gasteiger partial charge in [0.25, 0.3) is 0 Å². The van der Waals surface area contributed by atoms with Crippen LogP contribution in [-0.2, 0) is 39.8 Å². The van der Waals surface area contributed by atoms with E-state index in [-0.39, 0.29) is 24.7 Å². The highest BCUT2D eigenvalue weighted by atomic mass is 16.6. The zero-order valence-corrected chi connectivity index (χ0v) is 29.1. The Morgan fingerprint density at radius 1 is 1.02 bits per heavy atom. The SMILES string of the molecule is CC(C)CC1CCCC(=O)OC[C@H](NC(=O)[C@H](Cc2ccccc2)NC(=O)OC(C)(C)C)C(=O)N[C@@H](CC2CCCCC2)[C@@H](O)C(=O)O1. The van der Waals surface area contributed by atoms with Crippen molar-refractivity contribution in [2.75, 3.05) is 6.61 Å². The van der Waals surface area contributed by atoms with Crippen molar-refractivity contribution in [3.8, 4) is 0 Å². The predicted molar refractivity (Wildman–Crippen MR) is 179 cm³/mol. The first-order valence-electron chi connectivity index (χ1n) is 17.4. The number of alkyl carbamates (subject to hydrolysis) is 1. The first-order valence-corrected chi connectivity index (χ1v) is 17.4. The predicted octanol–water partition coefficient (Wildman–Crippen LogP) is 4.11. The van der Waals surface area contributed by atoms with Crippen LogP contribution in [0.15, 0.2) is 30.3 Å². The second-order valence-electron chi connectivity index (χ2n) is 14.5. The first kappa shape index (κ1) is 38.8. The van der Waals surface area contributed by atoms with E-state index in [0.29, 0.717) is 25.7 Å². The van der Waals surface area contributed by atoms with Crippen molar-refractivity contribution in [1.29, 1.82) is 0 Å². The highest BCUT2D eigenvalue weighted by molar-refractivity contribution is 5.92. The van der Waals surface area contributed by atoms with Crippen molar-refractivity contribution < 1.29 is 43.3 Å². The molecule has 1 unspecified atom stereocenters. The van der Waals surface area contributed by atoms with Gasteiger partial charge in [0.2, 0.25) is 11.8 Å². The molecule has 1 saturated carbocycles. The van der Waals surface area contributed by atoms with Crippen molar-refractivity contribution >= 4 is 29.8 Å². The van der Waals surface area contributed by atoms with Crippen LogP contribution in [0.4, 0.5) is 4.79 Å². The van der Waals surface area contributed by atoms with Gasteiger partial charge in [-0.15, -0.1) is 0 Å². The number of esters is 2. The van der Waals surface area contributed by atoms with Gasteiger partial charge in [-0.1, -0.05) is 76.3 Å². The number of carbonyl (C=O) groups excluding carboxylic acids is 5. The second kappa shape index (κ2) is 18.8. The highest BCUT2D eigenvalue weighted by Gasteiger charge is 2.36. The summed E-state index contributed by atoms with van der Waals surface area (Å²) in [6, 6.07) is 5.51. The van der Waals surface area contributed by atoms with E-state index in [4.69, 9.17) is 14.2 Å². The number of aliphatic hydroxyl groups excluding tert-OH is 1. The molecule has 12 nitrogen and oxygen atoms in total. The van der Waals surface area contributed by atoms with E-state index in [1.807, 2.05) is 19.9 Å². The third-order valence-corrected chi connectivity index (χ3v) is 8.52. The summed E-state index contributed by atoms with van der Waals surface area (Å²) in [6.45, 7) is 8.61. The minimum Gasteiger partial charge on any atom is -0.463 e. The number of hydrogen-bond donors (Lipinski definition) is 4. The lowest BCUT2D eigenvalue weighted by Crippen LogP contribution is -2.59. The van der Waals surface area contributed by atoms with Gasteiger partial charge in [-0.25, -0.2) is 9.59 Å². The number of cyclic esters (lactones) is 2. The molecule has 4 N–H and O–H groups in total. The smallest absolute Gasteiger partial charge is 0.408 e. The molecule has 5 atom stereocenters. The van der Waals surface area contributed by atoms with E-state index >= 15 is 0 Å². The minimum absolute atomic E-state index is 0.0120. The van der Waals surface area contributed by atoms with Gasteiger partial charge in [0.15, 0.2) is 6.10 Å². The molecule has 3 amide bonds. The Labute approximate surface area is 284 Å². The zero-order valence-electron chi connectivity index (χ0n) is 29.1. The number of carbonyl (C=O) groups is 5. The lowest BCUT2D eigenvalue weighted by atomic mass is 9.83. The van der Waals surface area contributed by atoms with Crippen molar-refractivity contribution in [1.82, 2.24) is 16.0 Å². The summed E-state index contributed by atoms with van der Waals surface area (Å²) in [4.78, 5) is 66.3.